The topological polar surface area (TPSA) is 43.7 Å². The molecule has 0 atom stereocenters. The van der Waals surface area contributed by atoms with E-state index in [1.807, 2.05) is 30.3 Å². The highest BCUT2D eigenvalue weighted by molar-refractivity contribution is 5.96. The molecule has 0 aromatic heterocycles. The molecule has 3 aromatic carbocycles. The van der Waals surface area contributed by atoms with Crippen LogP contribution in [0.25, 0.3) is 21.9 Å². The molecule has 3 rings (SSSR count). The monoisotopic (exact) mass is 251 g/mol. The van der Waals surface area contributed by atoms with Crippen LogP contribution >= 0.6 is 0 Å². The van der Waals surface area contributed by atoms with Gasteiger partial charge in [-0.1, -0.05) is 54.6 Å². The molecule has 0 heterocycles. The van der Waals surface area contributed by atoms with Gasteiger partial charge in [-0.15, -0.1) is 5.23 Å². The van der Waals surface area contributed by atoms with Crippen molar-refractivity contribution < 1.29 is 10.4 Å². The summed E-state index contributed by atoms with van der Waals surface area (Å²) >= 11 is 0. The van der Waals surface area contributed by atoms with Crippen LogP contribution in [0.1, 0.15) is 0 Å². The third-order valence-electron chi connectivity index (χ3n) is 3.20. The van der Waals surface area contributed by atoms with Crippen molar-refractivity contribution in [2.45, 2.75) is 0 Å². The van der Waals surface area contributed by atoms with E-state index in [-0.39, 0.29) is 5.23 Å². The molecule has 3 aromatic rings. The molecule has 0 fully saturated rings. The Kier molecular flexibility index (Phi) is 2.91. The predicted molar refractivity (Wildman–Crippen MR) is 75.4 cm³/mol. The number of nitrogens with zero attached hydrogens (tertiary/aromatic N) is 1. The highest BCUT2D eigenvalue weighted by Crippen LogP contribution is 2.29. The molecule has 0 aliphatic carbocycles. The first-order valence-electron chi connectivity index (χ1n) is 6.02. The van der Waals surface area contributed by atoms with Crippen molar-refractivity contribution in [3.05, 3.63) is 66.7 Å². The van der Waals surface area contributed by atoms with Crippen LogP contribution in [-0.4, -0.2) is 10.4 Å². The van der Waals surface area contributed by atoms with Crippen LogP contribution in [0.3, 0.4) is 0 Å². The summed E-state index contributed by atoms with van der Waals surface area (Å²) in [5.41, 5.74) is 2.51. The van der Waals surface area contributed by atoms with Gasteiger partial charge in [-0.2, -0.15) is 0 Å². The minimum absolute atomic E-state index is 0.118. The Bertz CT molecular complexity index is 700. The molecular formula is C16H13NO2. The summed E-state index contributed by atoms with van der Waals surface area (Å²) in [7, 11) is 0. The molecule has 0 radical (unpaired) electrons. The summed E-state index contributed by atoms with van der Waals surface area (Å²) in [6.45, 7) is 0. The minimum Gasteiger partial charge on any atom is -0.264 e. The van der Waals surface area contributed by atoms with Gasteiger partial charge in [-0.3, -0.25) is 10.4 Å². The summed E-state index contributed by atoms with van der Waals surface area (Å²) in [5, 5.41) is 20.4. The lowest BCUT2D eigenvalue weighted by molar-refractivity contribution is 0.0292. The number of hydrogen-bond donors (Lipinski definition) is 2. The maximum atomic E-state index is 8.95. The van der Waals surface area contributed by atoms with E-state index < -0.39 is 0 Å². The number of hydrogen-bond acceptors (Lipinski definition) is 3. The van der Waals surface area contributed by atoms with Gasteiger partial charge in [0, 0.05) is 0 Å². The lowest BCUT2D eigenvalue weighted by atomic mass is 9.98. The second-order valence-corrected chi connectivity index (χ2v) is 4.36. The van der Waals surface area contributed by atoms with E-state index in [9.17, 15) is 0 Å². The Balaban J connectivity index is 2.14. The molecule has 0 amide bonds. The van der Waals surface area contributed by atoms with E-state index in [1.54, 1.807) is 12.1 Å². The van der Waals surface area contributed by atoms with E-state index >= 15 is 0 Å². The Morgan fingerprint density at radius 1 is 0.684 bits per heavy atom. The average molecular weight is 251 g/mol. The van der Waals surface area contributed by atoms with Crippen LogP contribution in [0.2, 0.25) is 0 Å². The van der Waals surface area contributed by atoms with Gasteiger partial charge in [0.1, 0.15) is 0 Å². The summed E-state index contributed by atoms with van der Waals surface area (Å²) < 4.78 is 0. The molecule has 19 heavy (non-hydrogen) atoms. The summed E-state index contributed by atoms with van der Waals surface area (Å²) in [4.78, 5) is 0. The minimum atomic E-state index is 0.118. The van der Waals surface area contributed by atoms with Crippen molar-refractivity contribution >= 4 is 16.5 Å². The van der Waals surface area contributed by atoms with E-state index in [0.29, 0.717) is 5.69 Å². The molecule has 3 nitrogen and oxygen atoms in total. The second-order valence-electron chi connectivity index (χ2n) is 4.36. The van der Waals surface area contributed by atoms with E-state index in [2.05, 4.69) is 24.3 Å². The third kappa shape index (κ3) is 2.17. The van der Waals surface area contributed by atoms with Gasteiger partial charge < -0.3 is 0 Å². The van der Waals surface area contributed by atoms with Gasteiger partial charge >= 0.3 is 0 Å². The van der Waals surface area contributed by atoms with Gasteiger partial charge in [0.25, 0.3) is 0 Å². The van der Waals surface area contributed by atoms with Crippen molar-refractivity contribution in [2.24, 2.45) is 0 Å². The van der Waals surface area contributed by atoms with Gasteiger partial charge in [0.15, 0.2) is 0 Å². The zero-order valence-electron chi connectivity index (χ0n) is 10.2. The lowest BCUT2D eigenvalue weighted by Crippen LogP contribution is -2.10. The molecule has 0 saturated heterocycles. The quantitative estimate of drug-likeness (QED) is 0.674. The molecule has 2 N–H and O–H groups in total. The number of fused-ring (bicyclic) bond motifs is 1. The molecule has 94 valence electrons. The summed E-state index contributed by atoms with van der Waals surface area (Å²) in [6.07, 6.45) is 0. The molecular weight excluding hydrogens is 238 g/mol. The SMILES string of the molecule is ON(O)c1ccc(-c2cccc3ccccc23)cc1. The van der Waals surface area contributed by atoms with E-state index in [0.717, 1.165) is 11.1 Å². The van der Waals surface area contributed by atoms with Crippen molar-refractivity contribution in [1.82, 2.24) is 0 Å². The molecule has 0 bridgehead atoms. The molecule has 0 unspecified atom stereocenters. The normalized spacial score (nSPS) is 10.6. The standard InChI is InChI=1S/C16H13NO2/c18-17(19)14-10-8-13(9-11-14)16-7-3-5-12-4-1-2-6-15(12)16/h1-11,18-19H. The van der Waals surface area contributed by atoms with E-state index in [4.69, 9.17) is 10.4 Å². The predicted octanol–water partition coefficient (Wildman–Crippen LogP) is 4.09. The van der Waals surface area contributed by atoms with Crippen molar-refractivity contribution in [3.8, 4) is 11.1 Å². The lowest BCUT2D eigenvalue weighted by Gasteiger charge is -2.10. The van der Waals surface area contributed by atoms with Crippen molar-refractivity contribution in [1.29, 1.82) is 0 Å². The largest absolute Gasteiger partial charge is 0.264 e. The summed E-state index contributed by atoms with van der Waals surface area (Å²) in [5.74, 6) is 0. The van der Waals surface area contributed by atoms with Crippen LogP contribution in [0.5, 0.6) is 0 Å². The summed E-state index contributed by atoms with van der Waals surface area (Å²) in [6, 6.07) is 21.4. The van der Waals surface area contributed by atoms with Gasteiger partial charge in [-0.05, 0) is 34.0 Å². The van der Waals surface area contributed by atoms with E-state index in [1.165, 1.54) is 10.8 Å². The molecule has 0 aliphatic rings. The zero-order valence-corrected chi connectivity index (χ0v) is 10.2. The van der Waals surface area contributed by atoms with Crippen LogP contribution in [0, 0.1) is 0 Å². The van der Waals surface area contributed by atoms with Crippen LogP contribution in [-0.2, 0) is 0 Å². The third-order valence-corrected chi connectivity index (χ3v) is 3.20. The number of rotatable bonds is 2. The van der Waals surface area contributed by atoms with Gasteiger partial charge in [-0.25, -0.2) is 0 Å². The molecule has 0 aliphatic heterocycles. The fourth-order valence-corrected chi connectivity index (χ4v) is 2.25. The van der Waals surface area contributed by atoms with Gasteiger partial charge in [0.2, 0.25) is 0 Å². The number of benzene rings is 3. The van der Waals surface area contributed by atoms with Crippen LogP contribution in [0.4, 0.5) is 5.69 Å². The first-order valence-corrected chi connectivity index (χ1v) is 6.02. The molecule has 0 spiro atoms. The van der Waals surface area contributed by atoms with Crippen LogP contribution < -0.4 is 5.23 Å². The molecule has 0 saturated carbocycles. The fraction of sp³-hybridized carbons (Fsp3) is 0. The Morgan fingerprint density at radius 2 is 1.37 bits per heavy atom. The Morgan fingerprint density at radius 3 is 2.11 bits per heavy atom. The molecule has 3 heteroatoms. The highest BCUT2D eigenvalue weighted by atomic mass is 16.8. The highest BCUT2D eigenvalue weighted by Gasteiger charge is 2.04. The zero-order chi connectivity index (χ0) is 13.2. The first kappa shape index (κ1) is 11.7. The maximum absolute atomic E-state index is 8.95. The van der Waals surface area contributed by atoms with Crippen molar-refractivity contribution in [3.63, 3.8) is 0 Å². The fourth-order valence-electron chi connectivity index (χ4n) is 2.25. The van der Waals surface area contributed by atoms with Gasteiger partial charge in [0.05, 0.1) is 5.69 Å². The Hall–Kier alpha value is -2.36. The smallest absolute Gasteiger partial charge is 0.0943 e. The maximum Gasteiger partial charge on any atom is 0.0943 e. The number of anilines is 1. The Labute approximate surface area is 110 Å². The van der Waals surface area contributed by atoms with Crippen molar-refractivity contribution in [2.75, 3.05) is 5.23 Å². The van der Waals surface area contributed by atoms with Crippen LogP contribution in [0.15, 0.2) is 66.7 Å². The first-order chi connectivity index (χ1) is 9.25. The average Bonchev–Trinajstić information content (AvgIpc) is 2.47. The second kappa shape index (κ2) is 4.72.